The molecule has 2 aromatic rings. The maximum absolute atomic E-state index is 14.1. The van der Waals surface area contributed by atoms with E-state index in [2.05, 4.69) is 15.3 Å². The maximum Gasteiger partial charge on any atom is 0.257 e. The summed E-state index contributed by atoms with van der Waals surface area (Å²) >= 11 is 1.37. The summed E-state index contributed by atoms with van der Waals surface area (Å²) in [5.41, 5.74) is -0.123. The summed E-state index contributed by atoms with van der Waals surface area (Å²) in [6.45, 7) is 2.00. The van der Waals surface area contributed by atoms with E-state index in [1.165, 1.54) is 17.8 Å². The third-order valence-electron chi connectivity index (χ3n) is 3.71. The molecule has 0 unspecified atom stereocenters. The molecule has 2 N–H and O–H groups in total. The lowest BCUT2D eigenvalue weighted by atomic mass is 9.86. The Labute approximate surface area is 140 Å². The average molecular weight is 351 g/mol. The number of H-pyrrole nitrogens is 1. The number of fused-ring (bicyclic) bond motifs is 1. The predicted molar refractivity (Wildman–Crippen MR) is 87.3 cm³/mol. The van der Waals surface area contributed by atoms with Crippen molar-refractivity contribution in [3.05, 3.63) is 51.3 Å². The predicted octanol–water partition coefficient (Wildman–Crippen LogP) is 3.02. The maximum atomic E-state index is 14.1. The largest absolute Gasteiger partial charge is 0.310 e. The van der Waals surface area contributed by atoms with Gasteiger partial charge < -0.3 is 10.3 Å². The van der Waals surface area contributed by atoms with E-state index >= 15 is 0 Å². The molecule has 0 saturated heterocycles. The van der Waals surface area contributed by atoms with E-state index < -0.39 is 23.1 Å². The Morgan fingerprint density at radius 2 is 2.12 bits per heavy atom. The van der Waals surface area contributed by atoms with Gasteiger partial charge in [-0.3, -0.25) is 9.59 Å². The number of nitrogens with one attached hydrogen (secondary N) is 2. The van der Waals surface area contributed by atoms with Crippen molar-refractivity contribution in [3.63, 3.8) is 0 Å². The third-order valence-corrected chi connectivity index (χ3v) is 4.79. The molecule has 8 heteroatoms. The Balaban J connectivity index is 2.09. The Kier molecular flexibility index (Phi) is 4.66. The number of thioether (sulfide) groups is 1. The zero-order chi connectivity index (χ0) is 17.3. The zero-order valence-corrected chi connectivity index (χ0v) is 13.7. The van der Waals surface area contributed by atoms with Gasteiger partial charge in [0.05, 0.1) is 5.56 Å². The van der Waals surface area contributed by atoms with Crippen LogP contribution in [0.25, 0.3) is 0 Å². The summed E-state index contributed by atoms with van der Waals surface area (Å²) in [6, 6.07) is 3.11. The normalized spacial score (nSPS) is 16.6. The molecule has 0 saturated carbocycles. The summed E-state index contributed by atoms with van der Waals surface area (Å²) in [7, 11) is 0. The van der Waals surface area contributed by atoms with Gasteiger partial charge in [0.1, 0.15) is 17.5 Å². The topological polar surface area (TPSA) is 74.8 Å². The van der Waals surface area contributed by atoms with Gasteiger partial charge in [-0.05, 0) is 18.1 Å². The molecular weight excluding hydrogens is 336 g/mol. The average Bonchev–Trinajstić information content (AvgIpc) is 2.51. The number of aromatic amines is 1. The van der Waals surface area contributed by atoms with Crippen molar-refractivity contribution >= 4 is 23.5 Å². The fraction of sp³-hybridized carbons (Fsp3) is 0.312. The second kappa shape index (κ2) is 6.72. The lowest BCUT2D eigenvalue weighted by Gasteiger charge is -2.24. The van der Waals surface area contributed by atoms with Gasteiger partial charge in [-0.15, -0.1) is 0 Å². The lowest BCUT2D eigenvalue weighted by Crippen LogP contribution is -2.31. The number of amides is 1. The Bertz CT molecular complexity index is 854. The van der Waals surface area contributed by atoms with Gasteiger partial charge in [-0.1, -0.05) is 24.8 Å². The minimum Gasteiger partial charge on any atom is -0.310 e. The summed E-state index contributed by atoms with van der Waals surface area (Å²) in [6.07, 6.45) is 0.809. The molecule has 1 atom stereocenters. The molecule has 0 bridgehead atoms. The molecule has 0 fully saturated rings. The molecule has 2 heterocycles. The first-order valence-electron chi connectivity index (χ1n) is 7.51. The number of nitrogens with zero attached hydrogens (tertiary/aromatic N) is 1. The van der Waals surface area contributed by atoms with Crippen LogP contribution in [0, 0.1) is 11.6 Å². The van der Waals surface area contributed by atoms with Crippen LogP contribution in [0.2, 0.25) is 0 Å². The number of benzene rings is 1. The quantitative estimate of drug-likeness (QED) is 0.656. The van der Waals surface area contributed by atoms with Crippen LogP contribution in [0.3, 0.4) is 0 Å². The molecule has 1 aliphatic rings. The molecule has 1 aromatic carbocycles. The van der Waals surface area contributed by atoms with E-state index in [9.17, 15) is 18.4 Å². The molecule has 1 aromatic heterocycles. The van der Waals surface area contributed by atoms with Crippen molar-refractivity contribution in [2.75, 3.05) is 11.1 Å². The van der Waals surface area contributed by atoms with Gasteiger partial charge in [-0.2, -0.15) is 0 Å². The summed E-state index contributed by atoms with van der Waals surface area (Å²) in [4.78, 5) is 31.3. The zero-order valence-electron chi connectivity index (χ0n) is 12.9. The number of anilines is 1. The summed E-state index contributed by atoms with van der Waals surface area (Å²) in [5.74, 6) is -1.75. The van der Waals surface area contributed by atoms with Gasteiger partial charge >= 0.3 is 0 Å². The number of carbonyl (C=O) groups is 1. The van der Waals surface area contributed by atoms with E-state index in [0.29, 0.717) is 5.16 Å². The van der Waals surface area contributed by atoms with Gasteiger partial charge in [0.2, 0.25) is 5.91 Å². The van der Waals surface area contributed by atoms with Crippen molar-refractivity contribution in [1.29, 1.82) is 0 Å². The van der Waals surface area contributed by atoms with Crippen LogP contribution < -0.4 is 10.9 Å². The van der Waals surface area contributed by atoms with Crippen LogP contribution >= 0.6 is 11.8 Å². The van der Waals surface area contributed by atoms with E-state index in [-0.39, 0.29) is 29.3 Å². The van der Waals surface area contributed by atoms with Gasteiger partial charge in [0.15, 0.2) is 5.16 Å². The van der Waals surface area contributed by atoms with Gasteiger partial charge in [0.25, 0.3) is 5.56 Å². The minimum absolute atomic E-state index is 0.0955. The van der Waals surface area contributed by atoms with Crippen LogP contribution in [-0.4, -0.2) is 21.6 Å². The minimum atomic E-state index is -0.796. The number of hydrogen-bond acceptors (Lipinski definition) is 4. The number of rotatable bonds is 4. The molecule has 126 valence electrons. The highest BCUT2D eigenvalue weighted by Gasteiger charge is 2.32. The number of hydrogen-bond donors (Lipinski definition) is 2. The van der Waals surface area contributed by atoms with E-state index in [4.69, 9.17) is 0 Å². The third kappa shape index (κ3) is 3.19. The Hall–Kier alpha value is -2.22. The first-order chi connectivity index (χ1) is 11.5. The van der Waals surface area contributed by atoms with Crippen molar-refractivity contribution in [3.8, 4) is 0 Å². The molecule has 0 aliphatic carbocycles. The van der Waals surface area contributed by atoms with E-state index in [1.54, 1.807) is 0 Å². The first-order valence-corrected chi connectivity index (χ1v) is 8.50. The highest BCUT2D eigenvalue weighted by Crippen LogP contribution is 2.35. The van der Waals surface area contributed by atoms with Crippen LogP contribution in [0.15, 0.2) is 28.2 Å². The molecule has 1 amide bonds. The lowest BCUT2D eigenvalue weighted by molar-refractivity contribution is -0.116. The van der Waals surface area contributed by atoms with Crippen LogP contribution in [-0.2, 0) is 4.79 Å². The van der Waals surface area contributed by atoms with E-state index in [1.807, 2.05) is 6.92 Å². The van der Waals surface area contributed by atoms with Crippen molar-refractivity contribution < 1.29 is 13.6 Å². The highest BCUT2D eigenvalue weighted by atomic mass is 32.2. The molecule has 1 aliphatic heterocycles. The Morgan fingerprint density at radius 3 is 2.83 bits per heavy atom. The van der Waals surface area contributed by atoms with Gasteiger partial charge in [-0.25, -0.2) is 13.8 Å². The van der Waals surface area contributed by atoms with Crippen molar-refractivity contribution in [1.82, 2.24) is 9.97 Å². The van der Waals surface area contributed by atoms with Crippen LogP contribution in [0.4, 0.5) is 14.6 Å². The molecule has 24 heavy (non-hydrogen) atoms. The second-order valence-electron chi connectivity index (χ2n) is 5.45. The standard InChI is InChI=1S/C16H15F2N3O2S/c1-2-5-24-16-20-14-13(15(23)21-16)10(7-12(22)19-14)9-4-3-8(17)6-11(9)18/h3-4,6,10H,2,5,7H2,1H3,(H2,19,20,21,22,23)/t10-/m1/s1. The van der Waals surface area contributed by atoms with E-state index in [0.717, 1.165) is 24.3 Å². The second-order valence-corrected chi connectivity index (χ2v) is 6.54. The fourth-order valence-electron chi connectivity index (χ4n) is 2.67. The van der Waals surface area contributed by atoms with Crippen molar-refractivity contribution in [2.45, 2.75) is 30.8 Å². The van der Waals surface area contributed by atoms with Crippen LogP contribution in [0.5, 0.6) is 0 Å². The number of halogens is 2. The Morgan fingerprint density at radius 1 is 1.33 bits per heavy atom. The first kappa shape index (κ1) is 16.6. The molecular formula is C16H15F2N3O2S. The molecule has 5 nitrogen and oxygen atoms in total. The van der Waals surface area contributed by atoms with Gasteiger partial charge in [0, 0.05) is 24.2 Å². The fourth-order valence-corrected chi connectivity index (χ4v) is 3.39. The summed E-state index contributed by atoms with van der Waals surface area (Å²) < 4.78 is 27.3. The number of carbonyl (C=O) groups excluding carboxylic acids is 1. The summed E-state index contributed by atoms with van der Waals surface area (Å²) in [5, 5.41) is 2.97. The SMILES string of the molecule is CCCSc1nc2c(c(=O)[nH]1)[C@@H](c1ccc(F)cc1F)CC(=O)N2. The molecule has 0 spiro atoms. The number of aromatic nitrogens is 2. The molecule has 3 rings (SSSR count). The monoisotopic (exact) mass is 351 g/mol. The highest BCUT2D eigenvalue weighted by molar-refractivity contribution is 7.99. The van der Waals surface area contributed by atoms with Crippen molar-refractivity contribution in [2.24, 2.45) is 0 Å². The molecule has 0 radical (unpaired) electrons. The van der Waals surface area contributed by atoms with Crippen LogP contribution in [0.1, 0.15) is 36.8 Å². The smallest absolute Gasteiger partial charge is 0.257 e.